The molecule has 0 radical (unpaired) electrons. The average Bonchev–Trinajstić information content (AvgIpc) is 2.62. The van der Waals surface area contributed by atoms with E-state index in [1.54, 1.807) is 0 Å². The van der Waals surface area contributed by atoms with Gasteiger partial charge in [0.1, 0.15) is 6.54 Å². The van der Waals surface area contributed by atoms with Gasteiger partial charge in [-0.2, -0.15) is 0 Å². The van der Waals surface area contributed by atoms with E-state index in [9.17, 15) is 14.4 Å². The molecular formula is C13H16N2O3. The summed E-state index contributed by atoms with van der Waals surface area (Å²) in [4.78, 5) is 36.7. The first-order valence-electron chi connectivity index (χ1n) is 6.20. The van der Waals surface area contributed by atoms with E-state index < -0.39 is 0 Å². The molecule has 0 spiro atoms. The lowest BCUT2D eigenvalue weighted by molar-refractivity contribution is -0.143. The molecule has 1 heterocycles. The highest BCUT2D eigenvalue weighted by Crippen LogP contribution is 2.37. The molecule has 96 valence electrons. The number of fused-ring (bicyclic) bond motifs is 1. The molecule has 0 unspecified atom stereocenters. The molecule has 2 fully saturated rings. The third-order valence-electron chi connectivity index (χ3n) is 3.62. The number of rotatable bonds is 3. The summed E-state index contributed by atoms with van der Waals surface area (Å²) in [5.74, 6) is 1.10. The number of carbonyl (C=O) groups excluding carboxylic acids is 3. The van der Waals surface area contributed by atoms with Gasteiger partial charge in [0.05, 0.1) is 18.4 Å². The van der Waals surface area contributed by atoms with E-state index in [1.807, 2.05) is 0 Å². The van der Waals surface area contributed by atoms with Gasteiger partial charge in [-0.25, -0.2) is 0 Å². The summed E-state index contributed by atoms with van der Waals surface area (Å²) < 4.78 is 0. The number of imide groups is 1. The van der Waals surface area contributed by atoms with Crippen molar-refractivity contribution in [3.05, 3.63) is 0 Å². The minimum atomic E-state index is -0.381. The van der Waals surface area contributed by atoms with E-state index >= 15 is 0 Å². The van der Waals surface area contributed by atoms with E-state index in [0.29, 0.717) is 0 Å². The van der Waals surface area contributed by atoms with Crippen LogP contribution in [-0.4, -0.2) is 35.7 Å². The lowest BCUT2D eigenvalue weighted by Crippen LogP contribution is -2.41. The summed E-state index contributed by atoms with van der Waals surface area (Å²) in [5.41, 5.74) is 0. The largest absolute Gasteiger partial charge is 0.344 e. The zero-order chi connectivity index (χ0) is 13.1. The van der Waals surface area contributed by atoms with Crippen molar-refractivity contribution in [2.75, 3.05) is 13.1 Å². The smallest absolute Gasteiger partial charge is 0.240 e. The van der Waals surface area contributed by atoms with Gasteiger partial charge in [0, 0.05) is 0 Å². The Labute approximate surface area is 106 Å². The van der Waals surface area contributed by atoms with E-state index in [2.05, 4.69) is 11.2 Å². The first kappa shape index (κ1) is 12.6. The van der Waals surface area contributed by atoms with Crippen LogP contribution in [0.15, 0.2) is 0 Å². The van der Waals surface area contributed by atoms with Crippen molar-refractivity contribution in [2.24, 2.45) is 11.8 Å². The summed E-state index contributed by atoms with van der Waals surface area (Å²) >= 11 is 0. The first-order chi connectivity index (χ1) is 8.65. The zero-order valence-corrected chi connectivity index (χ0v) is 10.1. The molecular weight excluding hydrogens is 232 g/mol. The fraction of sp³-hybridized carbons (Fsp3) is 0.615. The van der Waals surface area contributed by atoms with Gasteiger partial charge >= 0.3 is 0 Å². The summed E-state index contributed by atoms with van der Waals surface area (Å²) in [7, 11) is 0. The Morgan fingerprint density at radius 1 is 1.28 bits per heavy atom. The zero-order valence-electron chi connectivity index (χ0n) is 10.1. The fourth-order valence-electron chi connectivity index (χ4n) is 2.74. The second-order valence-electron chi connectivity index (χ2n) is 4.74. The van der Waals surface area contributed by atoms with Crippen molar-refractivity contribution in [1.29, 1.82) is 0 Å². The predicted molar refractivity (Wildman–Crippen MR) is 64.0 cm³/mol. The Hall–Kier alpha value is -1.83. The number of amides is 3. The van der Waals surface area contributed by atoms with Crippen LogP contribution in [-0.2, 0) is 14.4 Å². The van der Waals surface area contributed by atoms with Crippen LogP contribution in [0.3, 0.4) is 0 Å². The SMILES string of the molecule is C#CCNC(=O)CN1C(=O)[C@H]2CCCC[C@H]2C1=O. The molecule has 18 heavy (non-hydrogen) atoms. The van der Waals surface area contributed by atoms with Crippen LogP contribution in [0.5, 0.6) is 0 Å². The second kappa shape index (κ2) is 5.21. The van der Waals surface area contributed by atoms with Crippen LogP contribution in [0, 0.1) is 24.2 Å². The number of hydrogen-bond donors (Lipinski definition) is 1. The lowest BCUT2D eigenvalue weighted by Gasteiger charge is -2.19. The van der Waals surface area contributed by atoms with Crippen molar-refractivity contribution in [3.8, 4) is 12.3 Å². The Balaban J connectivity index is 2.01. The Morgan fingerprint density at radius 3 is 2.33 bits per heavy atom. The lowest BCUT2D eigenvalue weighted by atomic mass is 9.81. The summed E-state index contributed by atoms with van der Waals surface area (Å²) in [6.07, 6.45) is 8.51. The number of nitrogens with one attached hydrogen (secondary N) is 1. The highest BCUT2D eigenvalue weighted by molar-refractivity contribution is 6.07. The molecule has 2 atom stereocenters. The summed E-state index contributed by atoms with van der Waals surface area (Å²) in [5, 5.41) is 2.46. The van der Waals surface area contributed by atoms with Gasteiger partial charge in [-0.05, 0) is 12.8 Å². The monoisotopic (exact) mass is 248 g/mol. The Morgan fingerprint density at radius 2 is 1.83 bits per heavy atom. The quantitative estimate of drug-likeness (QED) is 0.561. The van der Waals surface area contributed by atoms with Crippen LogP contribution in [0.4, 0.5) is 0 Å². The molecule has 3 amide bonds. The molecule has 1 N–H and O–H groups in total. The topological polar surface area (TPSA) is 66.5 Å². The van der Waals surface area contributed by atoms with Crippen LogP contribution >= 0.6 is 0 Å². The van der Waals surface area contributed by atoms with E-state index in [1.165, 1.54) is 0 Å². The van der Waals surface area contributed by atoms with Gasteiger partial charge in [0.15, 0.2) is 0 Å². The van der Waals surface area contributed by atoms with Gasteiger partial charge < -0.3 is 5.32 Å². The highest BCUT2D eigenvalue weighted by atomic mass is 16.2. The molecule has 1 saturated carbocycles. The van der Waals surface area contributed by atoms with Crippen molar-refractivity contribution >= 4 is 17.7 Å². The van der Waals surface area contributed by atoms with Crippen LogP contribution < -0.4 is 5.32 Å². The number of likely N-dealkylation sites (tertiary alicyclic amines) is 1. The maximum atomic E-state index is 12.0. The molecule has 1 saturated heterocycles. The number of terminal acetylenes is 1. The van der Waals surface area contributed by atoms with Gasteiger partial charge in [-0.3, -0.25) is 19.3 Å². The van der Waals surface area contributed by atoms with Crippen molar-refractivity contribution in [2.45, 2.75) is 25.7 Å². The standard InChI is InChI=1S/C13H16N2O3/c1-2-7-14-11(16)8-15-12(17)9-5-3-4-6-10(9)13(15)18/h1,9-10H,3-8H2,(H,14,16)/t9-,10+. The summed E-state index contributed by atoms with van der Waals surface area (Å²) in [6, 6.07) is 0. The minimum absolute atomic E-state index is 0.113. The van der Waals surface area contributed by atoms with Gasteiger partial charge in [0.2, 0.25) is 17.7 Å². The van der Waals surface area contributed by atoms with Crippen LogP contribution in [0.1, 0.15) is 25.7 Å². The third-order valence-corrected chi connectivity index (χ3v) is 3.62. The minimum Gasteiger partial charge on any atom is -0.344 e. The summed E-state index contributed by atoms with van der Waals surface area (Å²) in [6.45, 7) is -0.0890. The fourth-order valence-corrected chi connectivity index (χ4v) is 2.74. The first-order valence-corrected chi connectivity index (χ1v) is 6.20. The normalized spacial score (nSPS) is 26.7. The van der Waals surface area contributed by atoms with Gasteiger partial charge in [-0.15, -0.1) is 6.42 Å². The Bertz CT molecular complexity index is 400. The van der Waals surface area contributed by atoms with Gasteiger partial charge in [0.25, 0.3) is 0 Å². The maximum absolute atomic E-state index is 12.0. The third kappa shape index (κ3) is 2.23. The predicted octanol–water partition coefficient (Wildman–Crippen LogP) is -0.0890. The number of carbonyl (C=O) groups is 3. The maximum Gasteiger partial charge on any atom is 0.240 e. The van der Waals surface area contributed by atoms with E-state index in [0.717, 1.165) is 30.6 Å². The van der Waals surface area contributed by atoms with E-state index in [-0.39, 0.29) is 42.6 Å². The average molecular weight is 248 g/mol. The molecule has 0 aromatic heterocycles. The van der Waals surface area contributed by atoms with E-state index in [4.69, 9.17) is 6.42 Å². The Kier molecular flexibility index (Phi) is 3.66. The van der Waals surface area contributed by atoms with Crippen molar-refractivity contribution in [3.63, 3.8) is 0 Å². The number of hydrogen-bond acceptors (Lipinski definition) is 3. The molecule has 5 nitrogen and oxygen atoms in total. The van der Waals surface area contributed by atoms with Crippen LogP contribution in [0.25, 0.3) is 0 Å². The second-order valence-corrected chi connectivity index (χ2v) is 4.74. The van der Waals surface area contributed by atoms with Crippen molar-refractivity contribution < 1.29 is 14.4 Å². The molecule has 0 aromatic carbocycles. The van der Waals surface area contributed by atoms with Crippen LogP contribution in [0.2, 0.25) is 0 Å². The molecule has 1 aliphatic carbocycles. The molecule has 5 heteroatoms. The molecule has 2 rings (SSSR count). The molecule has 2 aliphatic rings. The molecule has 0 aromatic rings. The van der Waals surface area contributed by atoms with Crippen molar-refractivity contribution in [1.82, 2.24) is 10.2 Å². The highest BCUT2D eigenvalue weighted by Gasteiger charge is 2.48. The molecule has 1 aliphatic heterocycles. The number of nitrogens with zero attached hydrogens (tertiary/aromatic N) is 1. The molecule has 0 bridgehead atoms. The van der Waals surface area contributed by atoms with Gasteiger partial charge in [-0.1, -0.05) is 18.8 Å².